The van der Waals surface area contributed by atoms with Crippen molar-refractivity contribution in [3.05, 3.63) is 24.2 Å². The molecule has 20 heavy (non-hydrogen) atoms. The maximum atomic E-state index is 12.6. The number of ether oxygens (including phenoxy) is 1. The fourth-order valence-corrected chi connectivity index (χ4v) is 3.47. The molecule has 5 nitrogen and oxygen atoms in total. The van der Waals surface area contributed by atoms with Gasteiger partial charge >= 0.3 is 5.97 Å². The number of fused-ring (bicyclic) bond motifs is 2. The smallest absolute Gasteiger partial charge is 0.313 e. The summed E-state index contributed by atoms with van der Waals surface area (Å²) < 4.78 is 10.7. The molecule has 0 unspecified atom stereocenters. The molecule has 3 rings (SSSR count). The number of carbonyl (C=O) groups is 2. The van der Waals surface area contributed by atoms with E-state index in [1.807, 2.05) is 20.8 Å². The highest BCUT2D eigenvalue weighted by molar-refractivity contribution is 5.96. The molecule has 2 heterocycles. The Kier molecular flexibility index (Phi) is 2.56. The molecule has 1 aliphatic heterocycles. The summed E-state index contributed by atoms with van der Waals surface area (Å²) in [6.45, 7) is 6.08. The highest BCUT2D eigenvalue weighted by Crippen LogP contribution is 2.65. The normalized spacial score (nSPS) is 34.0. The molecule has 0 aromatic carbocycles. The first-order valence-corrected chi connectivity index (χ1v) is 6.88. The van der Waals surface area contributed by atoms with E-state index >= 15 is 0 Å². The molecule has 0 spiro atoms. The van der Waals surface area contributed by atoms with Crippen LogP contribution in [0.1, 0.15) is 39.4 Å². The Hall–Kier alpha value is -1.78. The van der Waals surface area contributed by atoms with Crippen LogP contribution in [-0.2, 0) is 20.9 Å². The number of hydrogen-bond acceptors (Lipinski definition) is 4. The van der Waals surface area contributed by atoms with Crippen LogP contribution in [0.25, 0.3) is 0 Å². The number of furan rings is 1. The average molecular weight is 277 g/mol. The Bertz CT molecular complexity index is 562. The topological polar surface area (TPSA) is 68.5 Å². The highest BCUT2D eigenvalue weighted by atomic mass is 16.6. The molecule has 1 saturated carbocycles. The van der Waals surface area contributed by atoms with Gasteiger partial charge in [0.2, 0.25) is 0 Å². The summed E-state index contributed by atoms with van der Waals surface area (Å²) in [5.74, 6) is 0.188. The van der Waals surface area contributed by atoms with Crippen molar-refractivity contribution in [1.29, 1.82) is 0 Å². The number of rotatable bonds is 3. The summed E-state index contributed by atoms with van der Waals surface area (Å²) >= 11 is 0. The molecule has 1 saturated heterocycles. The SMILES string of the molecule is CC1(C)[C@@]2(C)CC[C@]1(C(=O)NCc1ccco1)OC2=O. The lowest BCUT2D eigenvalue weighted by Crippen LogP contribution is -2.53. The van der Waals surface area contributed by atoms with Gasteiger partial charge in [-0.25, -0.2) is 0 Å². The Balaban J connectivity index is 1.82. The first-order valence-electron chi connectivity index (χ1n) is 6.88. The van der Waals surface area contributed by atoms with Crippen molar-refractivity contribution in [3.8, 4) is 0 Å². The minimum atomic E-state index is -1.05. The van der Waals surface area contributed by atoms with Crippen molar-refractivity contribution >= 4 is 11.9 Å². The van der Waals surface area contributed by atoms with E-state index in [-0.39, 0.29) is 11.9 Å². The van der Waals surface area contributed by atoms with Gasteiger partial charge in [0.1, 0.15) is 5.76 Å². The van der Waals surface area contributed by atoms with Crippen molar-refractivity contribution in [1.82, 2.24) is 5.32 Å². The molecule has 108 valence electrons. The van der Waals surface area contributed by atoms with Gasteiger partial charge < -0.3 is 14.5 Å². The van der Waals surface area contributed by atoms with Gasteiger partial charge in [-0.1, -0.05) is 13.8 Å². The third-order valence-electron chi connectivity index (χ3n) is 5.45. The van der Waals surface area contributed by atoms with Crippen molar-refractivity contribution in [3.63, 3.8) is 0 Å². The first-order chi connectivity index (χ1) is 9.33. The van der Waals surface area contributed by atoms with E-state index in [2.05, 4.69) is 5.32 Å². The lowest BCUT2D eigenvalue weighted by molar-refractivity contribution is -0.168. The quantitative estimate of drug-likeness (QED) is 0.858. The molecule has 2 fully saturated rings. The van der Waals surface area contributed by atoms with Gasteiger partial charge in [-0.3, -0.25) is 9.59 Å². The van der Waals surface area contributed by atoms with E-state index in [9.17, 15) is 9.59 Å². The lowest BCUT2D eigenvalue weighted by Gasteiger charge is -2.35. The monoisotopic (exact) mass is 277 g/mol. The van der Waals surface area contributed by atoms with Crippen LogP contribution in [0, 0.1) is 10.8 Å². The third-order valence-corrected chi connectivity index (χ3v) is 5.45. The summed E-state index contributed by atoms with van der Waals surface area (Å²) in [6, 6.07) is 3.56. The zero-order valence-corrected chi connectivity index (χ0v) is 12.0. The van der Waals surface area contributed by atoms with E-state index in [1.54, 1.807) is 18.4 Å². The summed E-state index contributed by atoms with van der Waals surface area (Å²) in [4.78, 5) is 24.7. The minimum Gasteiger partial charge on any atom is -0.467 e. The van der Waals surface area contributed by atoms with Gasteiger partial charge in [0.05, 0.1) is 18.2 Å². The Morgan fingerprint density at radius 2 is 2.10 bits per heavy atom. The molecule has 0 radical (unpaired) electrons. The maximum Gasteiger partial charge on any atom is 0.313 e. The van der Waals surface area contributed by atoms with Crippen molar-refractivity contribution in [2.75, 3.05) is 0 Å². The molecule has 2 atom stereocenters. The molecule has 1 aromatic rings. The molecular formula is C15H19NO4. The summed E-state index contributed by atoms with van der Waals surface area (Å²) in [5.41, 5.74) is -2.13. The van der Waals surface area contributed by atoms with Crippen LogP contribution in [0.2, 0.25) is 0 Å². The van der Waals surface area contributed by atoms with Gasteiger partial charge in [0, 0.05) is 5.41 Å². The molecule has 1 aromatic heterocycles. The fraction of sp³-hybridized carbons (Fsp3) is 0.600. The van der Waals surface area contributed by atoms with Crippen LogP contribution in [-0.4, -0.2) is 17.5 Å². The molecule has 2 aliphatic rings. The second kappa shape index (κ2) is 3.87. The number of nitrogens with one attached hydrogen (secondary N) is 1. The van der Waals surface area contributed by atoms with E-state index in [4.69, 9.17) is 9.15 Å². The number of amides is 1. The van der Waals surface area contributed by atoms with Crippen LogP contribution in [0.3, 0.4) is 0 Å². The van der Waals surface area contributed by atoms with E-state index in [0.717, 1.165) is 0 Å². The zero-order valence-electron chi connectivity index (χ0n) is 12.0. The second-order valence-electron chi connectivity index (χ2n) is 6.44. The average Bonchev–Trinajstić information content (AvgIpc) is 3.01. The maximum absolute atomic E-state index is 12.6. The van der Waals surface area contributed by atoms with E-state index in [1.165, 1.54) is 0 Å². The Morgan fingerprint density at radius 3 is 2.60 bits per heavy atom. The van der Waals surface area contributed by atoms with Gasteiger partial charge in [0.25, 0.3) is 5.91 Å². The van der Waals surface area contributed by atoms with Gasteiger partial charge in [-0.2, -0.15) is 0 Å². The largest absolute Gasteiger partial charge is 0.467 e. The lowest BCUT2D eigenvalue weighted by atomic mass is 9.66. The summed E-state index contributed by atoms with van der Waals surface area (Å²) in [7, 11) is 0. The Labute approximate surface area is 117 Å². The van der Waals surface area contributed by atoms with Crippen LogP contribution in [0.5, 0.6) is 0 Å². The molecule has 5 heteroatoms. The number of carbonyl (C=O) groups excluding carboxylic acids is 2. The minimum absolute atomic E-state index is 0.228. The van der Waals surface area contributed by atoms with Crippen molar-refractivity contribution < 1.29 is 18.7 Å². The van der Waals surface area contributed by atoms with E-state index in [0.29, 0.717) is 25.1 Å². The fourth-order valence-electron chi connectivity index (χ4n) is 3.47. The highest BCUT2D eigenvalue weighted by Gasteiger charge is 2.75. The molecule has 2 bridgehead atoms. The van der Waals surface area contributed by atoms with E-state index < -0.39 is 16.4 Å². The molecule has 1 aliphatic carbocycles. The van der Waals surface area contributed by atoms with Crippen LogP contribution < -0.4 is 5.32 Å². The third kappa shape index (κ3) is 1.38. The molecule has 1 N–H and O–H groups in total. The number of hydrogen-bond donors (Lipinski definition) is 1. The second-order valence-corrected chi connectivity index (χ2v) is 6.44. The standard InChI is InChI=1S/C15H19NO4/c1-13(2)14(3)6-7-15(13,20-12(14)18)11(17)16-9-10-5-4-8-19-10/h4-5,8H,6-7,9H2,1-3H3,(H,16,17)/t14-,15+/m0/s1. The predicted octanol–water partition coefficient (Wildman–Crippen LogP) is 2.02. The predicted molar refractivity (Wildman–Crippen MR) is 70.5 cm³/mol. The summed E-state index contributed by atoms with van der Waals surface area (Å²) in [5, 5.41) is 2.83. The number of esters is 1. The zero-order chi connectivity index (χ0) is 14.6. The molecular weight excluding hydrogens is 258 g/mol. The first kappa shape index (κ1) is 13.2. The van der Waals surface area contributed by atoms with Gasteiger partial charge in [0.15, 0.2) is 5.60 Å². The Morgan fingerprint density at radius 1 is 1.35 bits per heavy atom. The van der Waals surface area contributed by atoms with Crippen LogP contribution in [0.15, 0.2) is 22.8 Å². The van der Waals surface area contributed by atoms with Crippen molar-refractivity contribution in [2.24, 2.45) is 10.8 Å². The molecule has 1 amide bonds. The van der Waals surface area contributed by atoms with Gasteiger partial charge in [-0.05, 0) is 31.9 Å². The van der Waals surface area contributed by atoms with Crippen molar-refractivity contribution in [2.45, 2.75) is 45.8 Å². The van der Waals surface area contributed by atoms with Crippen LogP contribution in [0.4, 0.5) is 0 Å². The van der Waals surface area contributed by atoms with Gasteiger partial charge in [-0.15, -0.1) is 0 Å². The van der Waals surface area contributed by atoms with Crippen LogP contribution >= 0.6 is 0 Å². The summed E-state index contributed by atoms with van der Waals surface area (Å²) in [6.07, 6.45) is 2.82.